The van der Waals surface area contributed by atoms with E-state index in [4.69, 9.17) is 0 Å². The number of H-pyrrole nitrogens is 1. The van der Waals surface area contributed by atoms with Gasteiger partial charge >= 0.3 is 6.03 Å². The lowest BCUT2D eigenvalue weighted by Gasteiger charge is -2.50. The van der Waals surface area contributed by atoms with Crippen LogP contribution < -0.4 is 5.32 Å². The number of urea groups is 1. The van der Waals surface area contributed by atoms with Crippen molar-refractivity contribution in [3.8, 4) is 0 Å². The van der Waals surface area contributed by atoms with Crippen LogP contribution >= 0.6 is 0 Å². The number of Topliss-reactive ketones (excluding diaryl/α,β-unsaturated/α-hetero) is 1. The third-order valence-electron chi connectivity index (χ3n) is 8.76. The zero-order valence-corrected chi connectivity index (χ0v) is 23.3. The maximum absolute atomic E-state index is 14.1. The van der Waals surface area contributed by atoms with Crippen LogP contribution in [-0.4, -0.2) is 57.7 Å². The second-order valence-electron chi connectivity index (χ2n) is 11.4. The molecule has 4 aromatic rings. The molecule has 1 aromatic heterocycles. The number of nitrogens with zero attached hydrogens (tertiary/aromatic N) is 2. The fourth-order valence-corrected chi connectivity index (χ4v) is 6.69. The Balaban J connectivity index is 1.27. The molecule has 3 amide bonds. The highest BCUT2D eigenvalue weighted by Gasteiger charge is 2.48. The number of ketones is 1. The Kier molecular flexibility index (Phi) is 7.59. The van der Waals surface area contributed by atoms with E-state index in [2.05, 4.69) is 10.3 Å². The van der Waals surface area contributed by atoms with Crippen molar-refractivity contribution >= 4 is 28.6 Å². The van der Waals surface area contributed by atoms with Crippen LogP contribution in [0.3, 0.4) is 0 Å². The van der Waals surface area contributed by atoms with Gasteiger partial charge in [0.2, 0.25) is 5.91 Å². The first-order chi connectivity index (χ1) is 20.0. The number of benzene rings is 3. The quantitative estimate of drug-likeness (QED) is 0.282. The van der Waals surface area contributed by atoms with Gasteiger partial charge in [-0.15, -0.1) is 0 Å². The largest absolute Gasteiger partial charge is 0.360 e. The van der Waals surface area contributed by atoms with Crippen molar-refractivity contribution in [1.82, 2.24) is 20.1 Å². The van der Waals surface area contributed by atoms with Gasteiger partial charge in [0.25, 0.3) is 0 Å². The summed E-state index contributed by atoms with van der Waals surface area (Å²) >= 11 is 0. The van der Waals surface area contributed by atoms with Crippen LogP contribution in [0.2, 0.25) is 0 Å². The highest BCUT2D eigenvalue weighted by Crippen LogP contribution is 2.41. The zero-order valence-electron chi connectivity index (χ0n) is 23.3. The summed E-state index contributed by atoms with van der Waals surface area (Å²) in [5.74, 6) is -0.0807. The Morgan fingerprint density at radius 1 is 0.878 bits per heavy atom. The molecule has 2 saturated heterocycles. The SMILES string of the molecule is CN(Cc1ccccc1)C(=O)C(Cc1ccccc1)NC(=O)N1C2CCC(CC2)C1C(=O)c1c[nH]c2ccccc12. The molecule has 7 heteroatoms. The average molecular weight is 549 g/mol. The molecular weight excluding hydrogens is 512 g/mol. The van der Waals surface area contributed by atoms with E-state index in [1.54, 1.807) is 23.0 Å². The molecule has 1 saturated carbocycles. The lowest BCUT2D eigenvalue weighted by Crippen LogP contribution is -2.64. The minimum absolute atomic E-state index is 0.0197. The lowest BCUT2D eigenvalue weighted by molar-refractivity contribution is -0.132. The summed E-state index contributed by atoms with van der Waals surface area (Å²) in [5, 5.41) is 3.96. The molecule has 3 aliphatic rings. The fraction of sp³-hybridized carbons (Fsp3) is 0.324. The average Bonchev–Trinajstić information content (AvgIpc) is 3.45. The first kappa shape index (κ1) is 26.8. The molecule has 0 radical (unpaired) electrons. The molecule has 210 valence electrons. The van der Waals surface area contributed by atoms with Crippen LogP contribution in [0.15, 0.2) is 91.1 Å². The Morgan fingerprint density at radius 3 is 2.22 bits per heavy atom. The van der Waals surface area contributed by atoms with E-state index in [1.165, 1.54) is 0 Å². The van der Waals surface area contributed by atoms with Crippen LogP contribution in [0.5, 0.6) is 0 Å². The van der Waals surface area contributed by atoms with Gasteiger partial charge < -0.3 is 20.1 Å². The molecular formula is C34H36N4O3. The summed E-state index contributed by atoms with van der Waals surface area (Å²) in [6.45, 7) is 0.441. The predicted molar refractivity (Wildman–Crippen MR) is 159 cm³/mol. The standard InChI is InChI=1S/C34H36N4O3/c1-37(22-24-12-6-3-7-13-24)33(40)30(20-23-10-4-2-5-11-23)36-34(41)38-26-18-16-25(17-19-26)31(38)32(39)28-21-35-29-15-9-8-14-27(28)29/h2-15,21,25-26,30-31,35H,16-20,22H2,1H3,(H,36,41). The number of amides is 3. The maximum Gasteiger partial charge on any atom is 0.318 e. The number of fused-ring (bicyclic) bond motifs is 4. The number of aromatic nitrogens is 1. The molecule has 2 bridgehead atoms. The Bertz CT molecular complexity index is 1530. The van der Waals surface area contributed by atoms with Crippen LogP contribution in [0, 0.1) is 5.92 Å². The number of rotatable bonds is 8. The maximum atomic E-state index is 14.1. The summed E-state index contributed by atoms with van der Waals surface area (Å²) in [6, 6.07) is 25.7. The zero-order chi connectivity index (χ0) is 28.3. The van der Waals surface area contributed by atoms with E-state index in [0.717, 1.165) is 47.7 Å². The molecule has 2 unspecified atom stereocenters. The Hall–Kier alpha value is -4.39. The van der Waals surface area contributed by atoms with E-state index >= 15 is 0 Å². The first-order valence-electron chi connectivity index (χ1n) is 14.5. The van der Waals surface area contributed by atoms with Gasteiger partial charge in [-0.1, -0.05) is 78.9 Å². The number of carbonyl (C=O) groups is 3. The van der Waals surface area contributed by atoms with E-state index in [0.29, 0.717) is 18.5 Å². The molecule has 3 fully saturated rings. The van der Waals surface area contributed by atoms with Gasteiger partial charge in [0, 0.05) is 48.7 Å². The minimum atomic E-state index is -0.761. The van der Waals surface area contributed by atoms with E-state index in [9.17, 15) is 14.4 Å². The van der Waals surface area contributed by atoms with Gasteiger partial charge in [-0.2, -0.15) is 0 Å². The number of likely N-dealkylation sites (N-methyl/N-ethyl adjacent to an activating group) is 1. The molecule has 0 spiro atoms. The van der Waals surface area contributed by atoms with Crippen molar-refractivity contribution in [3.05, 3.63) is 108 Å². The second kappa shape index (κ2) is 11.6. The monoisotopic (exact) mass is 548 g/mol. The van der Waals surface area contributed by atoms with Crippen LogP contribution in [-0.2, 0) is 17.8 Å². The highest BCUT2D eigenvalue weighted by atomic mass is 16.2. The van der Waals surface area contributed by atoms with Crippen molar-refractivity contribution in [3.63, 3.8) is 0 Å². The van der Waals surface area contributed by atoms with Crippen molar-refractivity contribution < 1.29 is 14.4 Å². The molecule has 3 aromatic carbocycles. The van der Waals surface area contributed by atoms with E-state index < -0.39 is 12.1 Å². The predicted octanol–water partition coefficient (Wildman–Crippen LogP) is 5.57. The number of hydrogen-bond donors (Lipinski definition) is 2. The van der Waals surface area contributed by atoms with E-state index in [-0.39, 0.29) is 29.7 Å². The number of para-hydroxylation sites is 1. The van der Waals surface area contributed by atoms with E-state index in [1.807, 2.05) is 84.9 Å². The third-order valence-corrected chi connectivity index (χ3v) is 8.76. The van der Waals surface area contributed by atoms with Crippen LogP contribution in [0.4, 0.5) is 4.79 Å². The molecule has 2 aliphatic heterocycles. The van der Waals surface area contributed by atoms with Gasteiger partial charge in [0.05, 0.1) is 6.04 Å². The molecule has 7 nitrogen and oxygen atoms in total. The van der Waals surface area contributed by atoms with Crippen molar-refractivity contribution in [1.29, 1.82) is 0 Å². The summed E-state index contributed by atoms with van der Waals surface area (Å²) < 4.78 is 0. The molecule has 41 heavy (non-hydrogen) atoms. The lowest BCUT2D eigenvalue weighted by atomic mass is 9.72. The van der Waals surface area contributed by atoms with Gasteiger partial charge in [0.15, 0.2) is 5.78 Å². The Morgan fingerprint density at radius 2 is 1.51 bits per heavy atom. The molecule has 2 atom stereocenters. The third kappa shape index (κ3) is 5.49. The summed E-state index contributed by atoms with van der Waals surface area (Å²) in [5.41, 5.74) is 3.51. The molecule has 1 aliphatic carbocycles. The van der Waals surface area contributed by atoms with Crippen molar-refractivity contribution in [2.24, 2.45) is 5.92 Å². The first-order valence-corrected chi connectivity index (χ1v) is 14.5. The smallest absolute Gasteiger partial charge is 0.318 e. The van der Waals surface area contributed by atoms with Crippen LogP contribution in [0.25, 0.3) is 10.9 Å². The summed E-state index contributed by atoms with van der Waals surface area (Å²) in [7, 11) is 1.77. The molecule has 3 heterocycles. The van der Waals surface area contributed by atoms with Crippen molar-refractivity contribution in [2.45, 2.75) is 56.8 Å². The minimum Gasteiger partial charge on any atom is -0.360 e. The second-order valence-corrected chi connectivity index (χ2v) is 11.4. The van der Waals surface area contributed by atoms with Crippen molar-refractivity contribution in [2.75, 3.05) is 7.05 Å². The number of hydrogen-bond acceptors (Lipinski definition) is 3. The van der Waals surface area contributed by atoms with Crippen LogP contribution in [0.1, 0.15) is 47.2 Å². The number of aromatic amines is 1. The summed E-state index contributed by atoms with van der Waals surface area (Å²) in [4.78, 5) is 48.6. The topological polar surface area (TPSA) is 85.5 Å². The molecule has 7 rings (SSSR count). The van der Waals surface area contributed by atoms with Gasteiger partial charge in [0.1, 0.15) is 6.04 Å². The number of carbonyl (C=O) groups excluding carboxylic acids is 3. The van der Waals surface area contributed by atoms with Gasteiger partial charge in [-0.05, 0) is 48.8 Å². The van der Waals surface area contributed by atoms with Gasteiger partial charge in [-0.3, -0.25) is 9.59 Å². The number of piperidine rings is 2. The fourth-order valence-electron chi connectivity index (χ4n) is 6.69. The summed E-state index contributed by atoms with van der Waals surface area (Å²) in [6.07, 6.45) is 5.75. The normalized spacial score (nSPS) is 20.5. The Labute approximate surface area is 240 Å². The number of nitrogens with one attached hydrogen (secondary N) is 2. The molecule has 2 N–H and O–H groups in total. The highest BCUT2D eigenvalue weighted by molar-refractivity contribution is 6.11. The van der Waals surface area contributed by atoms with Gasteiger partial charge in [-0.25, -0.2) is 4.79 Å².